The lowest BCUT2D eigenvalue weighted by molar-refractivity contribution is 0.0889. The lowest BCUT2D eigenvalue weighted by atomic mass is 9.84. The summed E-state index contributed by atoms with van der Waals surface area (Å²) in [4.78, 5) is 12.0. The second kappa shape index (κ2) is 3.99. The Morgan fingerprint density at radius 3 is 2.64 bits per heavy atom. The van der Waals surface area contributed by atoms with Gasteiger partial charge in [0.05, 0.1) is 0 Å². The van der Waals surface area contributed by atoms with Crippen LogP contribution < -0.4 is 0 Å². The molecule has 2 rings (SSSR count). The first-order valence-electron chi connectivity index (χ1n) is 5.43. The molecule has 0 spiro atoms. The Labute approximate surface area is 84.9 Å². The molecule has 0 bridgehead atoms. The number of carbonyl (C=O) groups excluding carboxylic acids is 1. The summed E-state index contributed by atoms with van der Waals surface area (Å²) in [5.74, 6) is 0.649. The largest absolute Gasteiger partial charge is 0.357 e. The van der Waals surface area contributed by atoms with Crippen LogP contribution in [0.2, 0.25) is 0 Å². The van der Waals surface area contributed by atoms with Crippen LogP contribution >= 0.6 is 0 Å². The summed E-state index contributed by atoms with van der Waals surface area (Å²) in [7, 11) is 1.96. The van der Waals surface area contributed by atoms with Crippen LogP contribution in [0.15, 0.2) is 18.5 Å². The molecule has 1 saturated carbocycles. The van der Waals surface area contributed by atoms with Gasteiger partial charge in [0.1, 0.15) is 0 Å². The van der Waals surface area contributed by atoms with Crippen molar-refractivity contribution in [3.8, 4) is 0 Å². The van der Waals surface area contributed by atoms with E-state index in [4.69, 9.17) is 0 Å². The van der Waals surface area contributed by atoms with E-state index in [2.05, 4.69) is 0 Å². The van der Waals surface area contributed by atoms with Gasteiger partial charge in [0.15, 0.2) is 5.78 Å². The maximum absolute atomic E-state index is 12.0. The summed E-state index contributed by atoms with van der Waals surface area (Å²) in [6, 6.07) is 1.93. The molecule has 0 radical (unpaired) electrons. The zero-order chi connectivity index (χ0) is 9.97. The summed E-state index contributed by atoms with van der Waals surface area (Å²) in [6.07, 6.45) is 9.81. The predicted molar refractivity (Wildman–Crippen MR) is 56.3 cm³/mol. The van der Waals surface area contributed by atoms with Crippen LogP contribution in [-0.2, 0) is 7.05 Å². The van der Waals surface area contributed by atoms with Crippen molar-refractivity contribution < 1.29 is 4.79 Å². The van der Waals surface area contributed by atoms with Crippen LogP contribution in [0, 0.1) is 5.92 Å². The highest BCUT2D eigenvalue weighted by molar-refractivity contribution is 5.97. The van der Waals surface area contributed by atoms with E-state index in [1.807, 2.05) is 30.1 Å². The number of Topliss-reactive ketones (excluding diaryl/α,β-unsaturated/α-hetero) is 1. The molecule has 0 aromatic carbocycles. The SMILES string of the molecule is Cn1ccc(C(=O)C2CCCCC2)c1. The van der Waals surface area contributed by atoms with Crippen LogP contribution in [0.4, 0.5) is 0 Å². The second-order valence-electron chi connectivity index (χ2n) is 4.26. The van der Waals surface area contributed by atoms with Crippen molar-refractivity contribution in [2.45, 2.75) is 32.1 Å². The van der Waals surface area contributed by atoms with Crippen molar-refractivity contribution in [1.82, 2.24) is 4.57 Å². The zero-order valence-corrected chi connectivity index (χ0v) is 8.70. The van der Waals surface area contributed by atoms with Gasteiger partial charge in [0.25, 0.3) is 0 Å². The van der Waals surface area contributed by atoms with Gasteiger partial charge in [-0.15, -0.1) is 0 Å². The Hall–Kier alpha value is -1.05. The first-order chi connectivity index (χ1) is 6.77. The summed E-state index contributed by atoms with van der Waals surface area (Å²) in [6.45, 7) is 0. The summed E-state index contributed by atoms with van der Waals surface area (Å²) >= 11 is 0. The van der Waals surface area contributed by atoms with Gasteiger partial charge in [-0.05, 0) is 18.9 Å². The first kappa shape index (κ1) is 9.50. The number of aromatic nitrogens is 1. The molecule has 1 aromatic rings. The molecule has 0 N–H and O–H groups in total. The number of hydrogen-bond acceptors (Lipinski definition) is 1. The Morgan fingerprint density at radius 2 is 2.07 bits per heavy atom. The molecule has 0 amide bonds. The Kier molecular flexibility index (Phi) is 2.71. The number of ketones is 1. The van der Waals surface area contributed by atoms with Gasteiger partial charge in [0.2, 0.25) is 0 Å². The molecule has 0 unspecified atom stereocenters. The van der Waals surface area contributed by atoms with Crippen LogP contribution in [0.5, 0.6) is 0 Å². The van der Waals surface area contributed by atoms with E-state index in [9.17, 15) is 4.79 Å². The summed E-state index contributed by atoms with van der Waals surface area (Å²) in [5, 5.41) is 0. The third kappa shape index (κ3) is 1.89. The van der Waals surface area contributed by atoms with Gasteiger partial charge >= 0.3 is 0 Å². The van der Waals surface area contributed by atoms with Crippen molar-refractivity contribution in [2.75, 3.05) is 0 Å². The highest BCUT2D eigenvalue weighted by atomic mass is 16.1. The van der Waals surface area contributed by atoms with E-state index in [1.54, 1.807) is 0 Å². The molecule has 0 atom stereocenters. The van der Waals surface area contributed by atoms with Crippen LogP contribution in [0.25, 0.3) is 0 Å². The number of hydrogen-bond donors (Lipinski definition) is 0. The molecule has 76 valence electrons. The molecule has 1 heterocycles. The average molecular weight is 191 g/mol. The number of aryl methyl sites for hydroxylation is 1. The minimum atomic E-state index is 0.297. The van der Waals surface area contributed by atoms with Crippen molar-refractivity contribution in [1.29, 1.82) is 0 Å². The minimum Gasteiger partial charge on any atom is -0.357 e. The molecule has 0 saturated heterocycles. The van der Waals surface area contributed by atoms with E-state index in [-0.39, 0.29) is 0 Å². The number of nitrogens with zero attached hydrogens (tertiary/aromatic N) is 1. The Morgan fingerprint density at radius 1 is 1.36 bits per heavy atom. The molecule has 14 heavy (non-hydrogen) atoms. The van der Waals surface area contributed by atoms with Gasteiger partial charge in [-0.1, -0.05) is 19.3 Å². The van der Waals surface area contributed by atoms with Gasteiger partial charge in [0, 0.05) is 30.9 Å². The van der Waals surface area contributed by atoms with E-state index in [1.165, 1.54) is 19.3 Å². The molecular formula is C12H17NO. The zero-order valence-electron chi connectivity index (χ0n) is 8.70. The second-order valence-corrected chi connectivity index (χ2v) is 4.26. The average Bonchev–Trinajstić information content (AvgIpc) is 2.65. The Bertz CT molecular complexity index is 321. The highest BCUT2D eigenvalue weighted by Gasteiger charge is 2.22. The van der Waals surface area contributed by atoms with Gasteiger partial charge in [-0.2, -0.15) is 0 Å². The quantitative estimate of drug-likeness (QED) is 0.659. The monoisotopic (exact) mass is 191 g/mol. The summed E-state index contributed by atoms with van der Waals surface area (Å²) < 4.78 is 1.94. The maximum atomic E-state index is 12.0. The molecular weight excluding hydrogens is 174 g/mol. The van der Waals surface area contributed by atoms with Crippen molar-refractivity contribution in [3.63, 3.8) is 0 Å². The molecule has 1 aromatic heterocycles. The van der Waals surface area contributed by atoms with E-state index < -0.39 is 0 Å². The third-order valence-electron chi connectivity index (χ3n) is 3.09. The van der Waals surface area contributed by atoms with E-state index in [0.717, 1.165) is 18.4 Å². The van der Waals surface area contributed by atoms with Gasteiger partial charge in [-0.3, -0.25) is 4.79 Å². The van der Waals surface area contributed by atoms with Crippen LogP contribution in [0.1, 0.15) is 42.5 Å². The lowest BCUT2D eigenvalue weighted by Crippen LogP contribution is -2.17. The highest BCUT2D eigenvalue weighted by Crippen LogP contribution is 2.26. The predicted octanol–water partition coefficient (Wildman–Crippen LogP) is 2.79. The normalized spacial score (nSPS) is 18.4. The number of carbonyl (C=O) groups is 1. The van der Waals surface area contributed by atoms with Crippen molar-refractivity contribution in [2.24, 2.45) is 13.0 Å². The van der Waals surface area contributed by atoms with E-state index >= 15 is 0 Å². The maximum Gasteiger partial charge on any atom is 0.167 e. The topological polar surface area (TPSA) is 22.0 Å². The first-order valence-corrected chi connectivity index (χ1v) is 5.43. The van der Waals surface area contributed by atoms with Gasteiger partial charge in [-0.25, -0.2) is 0 Å². The minimum absolute atomic E-state index is 0.297. The van der Waals surface area contributed by atoms with Crippen LogP contribution in [0.3, 0.4) is 0 Å². The van der Waals surface area contributed by atoms with Crippen molar-refractivity contribution in [3.05, 3.63) is 24.0 Å². The number of rotatable bonds is 2. The standard InChI is InChI=1S/C12H17NO/c1-13-8-7-11(9-13)12(14)10-5-3-2-4-6-10/h7-10H,2-6H2,1H3. The molecule has 1 aliphatic rings. The lowest BCUT2D eigenvalue weighted by Gasteiger charge is -2.19. The fraction of sp³-hybridized carbons (Fsp3) is 0.583. The molecule has 1 aliphatic carbocycles. The Balaban J connectivity index is 2.07. The van der Waals surface area contributed by atoms with Crippen LogP contribution in [-0.4, -0.2) is 10.4 Å². The smallest absolute Gasteiger partial charge is 0.167 e. The van der Waals surface area contributed by atoms with Crippen molar-refractivity contribution >= 4 is 5.78 Å². The van der Waals surface area contributed by atoms with E-state index in [0.29, 0.717) is 11.7 Å². The fourth-order valence-electron chi connectivity index (χ4n) is 2.25. The molecule has 2 heteroatoms. The summed E-state index contributed by atoms with van der Waals surface area (Å²) in [5.41, 5.74) is 0.888. The molecule has 1 fully saturated rings. The third-order valence-corrected chi connectivity index (χ3v) is 3.09. The fourth-order valence-corrected chi connectivity index (χ4v) is 2.25. The molecule has 0 aliphatic heterocycles. The molecule has 2 nitrogen and oxygen atoms in total. The van der Waals surface area contributed by atoms with Gasteiger partial charge < -0.3 is 4.57 Å².